The van der Waals surface area contributed by atoms with E-state index in [9.17, 15) is 13.2 Å². The van der Waals surface area contributed by atoms with Crippen molar-refractivity contribution < 1.29 is 18.3 Å². The first-order valence-electron chi connectivity index (χ1n) is 10.4. The third-order valence-electron chi connectivity index (χ3n) is 5.19. The molecule has 0 spiro atoms. The summed E-state index contributed by atoms with van der Waals surface area (Å²) in [6, 6.07) is 6.18. The Kier molecular flexibility index (Phi) is 7.75. The van der Waals surface area contributed by atoms with Gasteiger partial charge in [-0.1, -0.05) is 6.92 Å². The van der Waals surface area contributed by atoms with E-state index in [2.05, 4.69) is 35.4 Å². The fourth-order valence-electron chi connectivity index (χ4n) is 3.79. The quantitative estimate of drug-likeness (QED) is 0.308. The van der Waals surface area contributed by atoms with Crippen molar-refractivity contribution in [3.8, 4) is 11.1 Å². The lowest BCUT2D eigenvalue weighted by Crippen LogP contribution is -2.20. The van der Waals surface area contributed by atoms with E-state index in [-0.39, 0.29) is 12.3 Å². The second-order valence-electron chi connectivity index (χ2n) is 7.54. The third kappa shape index (κ3) is 5.68. The third-order valence-corrected chi connectivity index (χ3v) is 5.67. The number of rotatable bonds is 11. The SMILES string of the molecule is CCc1ccc2c(-c3cncc(C)c3)c(CCCCC(=O)O)c(CNC[SH](=O)=O)nn12. The predicted molar refractivity (Wildman–Crippen MR) is 120 cm³/mol. The Morgan fingerprint density at radius 3 is 2.71 bits per heavy atom. The first-order valence-corrected chi connectivity index (χ1v) is 11.8. The van der Waals surface area contributed by atoms with Crippen molar-refractivity contribution in [2.75, 3.05) is 5.88 Å². The first kappa shape index (κ1) is 22.9. The first-order chi connectivity index (χ1) is 14.9. The van der Waals surface area contributed by atoms with Gasteiger partial charge in [-0.2, -0.15) is 5.10 Å². The van der Waals surface area contributed by atoms with Gasteiger partial charge in [0, 0.05) is 42.2 Å². The van der Waals surface area contributed by atoms with Crippen molar-refractivity contribution in [3.63, 3.8) is 0 Å². The van der Waals surface area contributed by atoms with Crippen molar-refractivity contribution in [1.82, 2.24) is 19.9 Å². The molecule has 0 saturated heterocycles. The number of carboxylic acid groups (broad SMARTS) is 1. The summed E-state index contributed by atoms with van der Waals surface area (Å²) in [5, 5.41) is 16.8. The zero-order chi connectivity index (χ0) is 22.4. The Balaban J connectivity index is 2.14. The van der Waals surface area contributed by atoms with E-state index < -0.39 is 16.7 Å². The Morgan fingerprint density at radius 1 is 1.23 bits per heavy atom. The Hall–Kier alpha value is -2.78. The molecule has 8 nitrogen and oxygen atoms in total. The molecule has 0 fully saturated rings. The van der Waals surface area contributed by atoms with Crippen LogP contribution in [0.1, 0.15) is 48.7 Å². The zero-order valence-corrected chi connectivity index (χ0v) is 18.7. The lowest BCUT2D eigenvalue weighted by Gasteiger charge is -2.18. The minimum atomic E-state index is -2.54. The van der Waals surface area contributed by atoms with Crippen LogP contribution in [-0.4, -0.2) is 40.0 Å². The number of unbranched alkanes of at least 4 members (excludes halogenated alkanes) is 1. The van der Waals surface area contributed by atoms with Crippen molar-refractivity contribution in [2.24, 2.45) is 0 Å². The van der Waals surface area contributed by atoms with Gasteiger partial charge in [0.25, 0.3) is 0 Å². The number of carbonyl (C=O) groups is 1. The summed E-state index contributed by atoms with van der Waals surface area (Å²) in [4.78, 5) is 15.3. The second kappa shape index (κ2) is 10.5. The Morgan fingerprint density at radius 2 is 2.03 bits per heavy atom. The molecule has 0 unspecified atom stereocenters. The van der Waals surface area contributed by atoms with E-state index in [0.29, 0.717) is 25.8 Å². The topological polar surface area (TPSA) is 114 Å². The highest BCUT2D eigenvalue weighted by Crippen LogP contribution is 2.33. The number of nitrogens with one attached hydrogen (secondary N) is 1. The van der Waals surface area contributed by atoms with Gasteiger partial charge in [-0.15, -0.1) is 0 Å². The van der Waals surface area contributed by atoms with Crippen molar-refractivity contribution >= 4 is 22.2 Å². The Bertz CT molecular complexity index is 1150. The number of nitrogens with zero attached hydrogens (tertiary/aromatic N) is 3. The van der Waals surface area contributed by atoms with E-state index in [1.807, 2.05) is 17.6 Å². The van der Waals surface area contributed by atoms with Crippen molar-refractivity contribution in [3.05, 3.63) is 53.1 Å². The van der Waals surface area contributed by atoms with Gasteiger partial charge in [-0.3, -0.25) is 15.1 Å². The van der Waals surface area contributed by atoms with E-state index in [1.165, 1.54) is 0 Å². The lowest BCUT2D eigenvalue weighted by atomic mass is 9.94. The molecule has 0 atom stereocenters. The largest absolute Gasteiger partial charge is 0.481 e. The maximum atomic E-state index is 11.0. The lowest BCUT2D eigenvalue weighted by molar-refractivity contribution is -0.137. The molecule has 0 aliphatic heterocycles. The molecule has 2 N–H and O–H groups in total. The maximum Gasteiger partial charge on any atom is 0.303 e. The number of hydrogen-bond acceptors (Lipinski definition) is 6. The molecule has 0 radical (unpaired) electrons. The number of carboxylic acids is 1. The predicted octanol–water partition coefficient (Wildman–Crippen LogP) is 2.72. The highest BCUT2D eigenvalue weighted by molar-refractivity contribution is 7.72. The molecule has 166 valence electrons. The molecular formula is C22H28N4O4S. The van der Waals surface area contributed by atoms with Gasteiger partial charge in [-0.25, -0.2) is 12.9 Å². The van der Waals surface area contributed by atoms with Gasteiger partial charge in [0.1, 0.15) is 0 Å². The number of aliphatic carboxylic acids is 1. The number of fused-ring (bicyclic) bond motifs is 1. The molecule has 0 bridgehead atoms. The second-order valence-corrected chi connectivity index (χ2v) is 8.53. The number of aryl methyl sites for hydroxylation is 2. The summed E-state index contributed by atoms with van der Waals surface area (Å²) in [7, 11) is -2.54. The van der Waals surface area contributed by atoms with Crippen LogP contribution in [0.25, 0.3) is 16.6 Å². The smallest absolute Gasteiger partial charge is 0.303 e. The molecule has 0 aromatic carbocycles. The average Bonchev–Trinajstić information content (AvgIpc) is 3.13. The van der Waals surface area contributed by atoms with Crippen LogP contribution in [-0.2, 0) is 34.9 Å². The van der Waals surface area contributed by atoms with Gasteiger partial charge in [0.15, 0.2) is 10.7 Å². The van der Waals surface area contributed by atoms with Gasteiger partial charge >= 0.3 is 5.97 Å². The fourth-order valence-corrected chi connectivity index (χ4v) is 4.09. The summed E-state index contributed by atoms with van der Waals surface area (Å²) >= 11 is 0. The molecular weight excluding hydrogens is 416 g/mol. The number of pyridine rings is 1. The van der Waals surface area contributed by atoms with Gasteiger partial charge in [0.2, 0.25) is 0 Å². The van der Waals surface area contributed by atoms with E-state index in [4.69, 9.17) is 10.2 Å². The summed E-state index contributed by atoms with van der Waals surface area (Å²) in [5.74, 6) is -0.932. The highest BCUT2D eigenvalue weighted by Gasteiger charge is 2.19. The average molecular weight is 445 g/mol. The molecule has 9 heteroatoms. The van der Waals surface area contributed by atoms with Crippen LogP contribution in [0.3, 0.4) is 0 Å². The van der Waals surface area contributed by atoms with Crippen LogP contribution in [0.4, 0.5) is 0 Å². The van der Waals surface area contributed by atoms with Crippen LogP contribution in [0.5, 0.6) is 0 Å². The fraction of sp³-hybridized carbons (Fsp3) is 0.409. The number of hydrogen-bond donors (Lipinski definition) is 3. The molecule has 3 aromatic heterocycles. The zero-order valence-electron chi connectivity index (χ0n) is 17.8. The molecule has 0 amide bonds. The van der Waals surface area contributed by atoms with E-state index >= 15 is 0 Å². The normalized spacial score (nSPS) is 11.5. The molecule has 3 heterocycles. The number of aromatic nitrogens is 3. The van der Waals surface area contributed by atoms with Crippen molar-refractivity contribution in [1.29, 1.82) is 0 Å². The molecule has 3 rings (SSSR count). The van der Waals surface area contributed by atoms with E-state index in [1.54, 1.807) is 6.20 Å². The summed E-state index contributed by atoms with van der Waals surface area (Å²) in [5.41, 5.74) is 6.82. The monoisotopic (exact) mass is 444 g/mol. The summed E-state index contributed by atoms with van der Waals surface area (Å²) < 4.78 is 24.0. The van der Waals surface area contributed by atoms with Gasteiger partial charge in [0.05, 0.1) is 17.1 Å². The minimum absolute atomic E-state index is 0.117. The summed E-state index contributed by atoms with van der Waals surface area (Å²) in [6.07, 6.45) is 6.46. The van der Waals surface area contributed by atoms with Crippen LogP contribution in [0.15, 0.2) is 30.6 Å². The highest BCUT2D eigenvalue weighted by atomic mass is 32.2. The number of thiol groups is 1. The molecule has 0 saturated carbocycles. The van der Waals surface area contributed by atoms with Crippen LogP contribution >= 0.6 is 0 Å². The molecule has 3 aromatic rings. The molecule has 0 aliphatic carbocycles. The minimum Gasteiger partial charge on any atom is -0.481 e. The maximum absolute atomic E-state index is 11.0. The van der Waals surface area contributed by atoms with Crippen LogP contribution in [0, 0.1) is 6.92 Å². The summed E-state index contributed by atoms with van der Waals surface area (Å²) in [6.45, 7) is 4.36. The molecule has 0 aliphatic rings. The van der Waals surface area contributed by atoms with Gasteiger partial charge in [-0.05, 0) is 61.9 Å². The Labute approximate surface area is 183 Å². The van der Waals surface area contributed by atoms with Gasteiger partial charge < -0.3 is 5.11 Å². The van der Waals surface area contributed by atoms with Crippen LogP contribution < -0.4 is 5.32 Å². The van der Waals surface area contributed by atoms with E-state index in [0.717, 1.165) is 45.6 Å². The van der Waals surface area contributed by atoms with Crippen molar-refractivity contribution in [2.45, 2.75) is 52.5 Å². The standard InChI is InChI=1S/C22H28N4O4S/c1-3-17-8-9-20-22(16-10-15(2)11-23-12-16)18(6-4-5-7-21(27)28)19(25-26(17)20)13-24-14-31(29)30/h8-12,24,31H,3-7,13-14H2,1-2H3,(H,27,28). The molecule has 31 heavy (non-hydrogen) atoms. The van der Waals surface area contributed by atoms with Crippen LogP contribution in [0.2, 0.25) is 0 Å².